The maximum Gasteiger partial charge on any atom is 0.138 e. The first-order chi connectivity index (χ1) is 6.58. The Bertz CT molecular complexity index is 232. The molecule has 0 N–H and O–H groups in total. The number of hydrogen-bond acceptors (Lipinski definition) is 2. The molecule has 1 saturated heterocycles. The molecule has 2 heteroatoms. The molecule has 0 amide bonds. The van der Waals surface area contributed by atoms with Crippen LogP contribution >= 0.6 is 0 Å². The van der Waals surface area contributed by atoms with Crippen LogP contribution in [0.2, 0.25) is 0 Å². The summed E-state index contributed by atoms with van der Waals surface area (Å²) in [4.78, 5) is 11.7. The first-order valence-corrected chi connectivity index (χ1v) is 5.79. The van der Waals surface area contributed by atoms with Crippen LogP contribution in [-0.2, 0) is 9.53 Å². The Morgan fingerprint density at radius 2 is 2.07 bits per heavy atom. The van der Waals surface area contributed by atoms with Gasteiger partial charge in [0.2, 0.25) is 0 Å². The molecule has 2 aliphatic rings. The molecule has 0 unspecified atom stereocenters. The second-order valence-corrected chi connectivity index (χ2v) is 5.27. The summed E-state index contributed by atoms with van der Waals surface area (Å²) in [5, 5.41) is 0. The van der Waals surface area contributed by atoms with Gasteiger partial charge in [-0.25, -0.2) is 0 Å². The molecule has 2 fully saturated rings. The van der Waals surface area contributed by atoms with E-state index < -0.39 is 0 Å². The highest BCUT2D eigenvalue weighted by Crippen LogP contribution is 2.37. The molecule has 2 atom stereocenters. The number of carbonyl (C=O) groups excluding carboxylic acids is 1. The summed E-state index contributed by atoms with van der Waals surface area (Å²) in [6.07, 6.45) is 6.52. The topological polar surface area (TPSA) is 26.3 Å². The predicted octanol–water partition coefficient (Wildman–Crippen LogP) is 2.70. The Hall–Kier alpha value is -0.370. The molecule has 0 aromatic carbocycles. The lowest BCUT2D eigenvalue weighted by Gasteiger charge is -2.27. The monoisotopic (exact) mass is 196 g/mol. The van der Waals surface area contributed by atoms with E-state index >= 15 is 0 Å². The SMILES string of the molecule is CC1(C)CC[C@@H]([C@H]2CCCCC2=O)O1. The van der Waals surface area contributed by atoms with Crippen molar-refractivity contribution in [2.45, 2.75) is 64.1 Å². The van der Waals surface area contributed by atoms with Crippen molar-refractivity contribution in [1.82, 2.24) is 0 Å². The zero-order chi connectivity index (χ0) is 10.2. The van der Waals surface area contributed by atoms with Crippen LogP contribution in [-0.4, -0.2) is 17.5 Å². The number of Topliss-reactive ketones (excluding diaryl/α,β-unsaturated/α-hetero) is 1. The third kappa shape index (κ3) is 2.00. The summed E-state index contributed by atoms with van der Waals surface area (Å²) in [5.74, 6) is 0.657. The van der Waals surface area contributed by atoms with E-state index in [9.17, 15) is 4.79 Å². The summed E-state index contributed by atoms with van der Waals surface area (Å²) < 4.78 is 5.94. The first-order valence-electron chi connectivity index (χ1n) is 5.79. The van der Waals surface area contributed by atoms with Gasteiger partial charge in [-0.3, -0.25) is 4.79 Å². The van der Waals surface area contributed by atoms with Gasteiger partial charge < -0.3 is 4.74 Å². The van der Waals surface area contributed by atoms with E-state index in [1.54, 1.807) is 0 Å². The van der Waals surface area contributed by atoms with Crippen LogP contribution in [0, 0.1) is 5.92 Å². The summed E-state index contributed by atoms with van der Waals surface area (Å²) in [5.41, 5.74) is 0.00237. The number of rotatable bonds is 1. The maximum absolute atomic E-state index is 11.7. The van der Waals surface area contributed by atoms with Crippen molar-refractivity contribution in [3.63, 3.8) is 0 Å². The van der Waals surface area contributed by atoms with Crippen LogP contribution in [0.1, 0.15) is 52.4 Å². The lowest BCUT2D eigenvalue weighted by atomic mass is 9.83. The average Bonchev–Trinajstić information content (AvgIpc) is 2.47. The highest BCUT2D eigenvalue weighted by atomic mass is 16.5. The van der Waals surface area contributed by atoms with Gasteiger partial charge in [-0.15, -0.1) is 0 Å². The molecule has 0 bridgehead atoms. The van der Waals surface area contributed by atoms with Crippen molar-refractivity contribution in [1.29, 1.82) is 0 Å². The lowest BCUT2D eigenvalue weighted by molar-refractivity contribution is -0.132. The minimum atomic E-state index is 0.00237. The molecule has 80 valence electrons. The molecular weight excluding hydrogens is 176 g/mol. The molecule has 0 radical (unpaired) electrons. The third-order valence-corrected chi connectivity index (χ3v) is 3.55. The van der Waals surface area contributed by atoms with Gasteiger partial charge in [0.1, 0.15) is 5.78 Å². The zero-order valence-corrected chi connectivity index (χ0v) is 9.21. The van der Waals surface area contributed by atoms with Crippen molar-refractivity contribution in [2.24, 2.45) is 5.92 Å². The van der Waals surface area contributed by atoms with Crippen LogP contribution in [0.15, 0.2) is 0 Å². The Kier molecular flexibility index (Phi) is 2.65. The van der Waals surface area contributed by atoms with Crippen molar-refractivity contribution >= 4 is 5.78 Å². The Balaban J connectivity index is 1.98. The number of ether oxygens (including phenoxy) is 1. The van der Waals surface area contributed by atoms with E-state index in [4.69, 9.17) is 4.74 Å². The van der Waals surface area contributed by atoms with Crippen molar-refractivity contribution in [2.75, 3.05) is 0 Å². The molecule has 1 saturated carbocycles. The molecular formula is C12H20O2. The van der Waals surface area contributed by atoms with E-state index in [0.29, 0.717) is 5.78 Å². The molecule has 2 rings (SSSR count). The lowest BCUT2D eigenvalue weighted by Crippen LogP contribution is -2.32. The molecule has 14 heavy (non-hydrogen) atoms. The van der Waals surface area contributed by atoms with E-state index in [1.807, 2.05) is 0 Å². The fourth-order valence-electron chi connectivity index (χ4n) is 2.70. The number of hydrogen-bond donors (Lipinski definition) is 0. The highest BCUT2D eigenvalue weighted by Gasteiger charge is 2.39. The summed E-state index contributed by atoms with van der Waals surface area (Å²) >= 11 is 0. The minimum Gasteiger partial charge on any atom is -0.372 e. The van der Waals surface area contributed by atoms with Crippen LogP contribution in [0.3, 0.4) is 0 Å². The van der Waals surface area contributed by atoms with E-state index in [0.717, 1.165) is 32.1 Å². The molecule has 1 heterocycles. The maximum atomic E-state index is 11.7. The van der Waals surface area contributed by atoms with Gasteiger partial charge in [0, 0.05) is 12.3 Å². The standard InChI is InChI=1S/C12H20O2/c1-12(2)8-7-11(14-12)9-5-3-4-6-10(9)13/h9,11H,3-8H2,1-2H3/t9-,11-/m0/s1. The molecule has 0 aromatic rings. The van der Waals surface area contributed by atoms with Gasteiger partial charge in [0.05, 0.1) is 11.7 Å². The van der Waals surface area contributed by atoms with Crippen molar-refractivity contribution in [3.8, 4) is 0 Å². The van der Waals surface area contributed by atoms with Crippen LogP contribution < -0.4 is 0 Å². The molecule has 2 nitrogen and oxygen atoms in total. The molecule has 0 aromatic heterocycles. The average molecular weight is 196 g/mol. The Labute approximate surface area is 86.0 Å². The minimum absolute atomic E-state index is 0.00237. The zero-order valence-electron chi connectivity index (χ0n) is 9.21. The fourth-order valence-corrected chi connectivity index (χ4v) is 2.70. The number of carbonyl (C=O) groups is 1. The third-order valence-electron chi connectivity index (χ3n) is 3.55. The molecule has 1 aliphatic carbocycles. The smallest absolute Gasteiger partial charge is 0.138 e. The van der Waals surface area contributed by atoms with Crippen LogP contribution in [0.5, 0.6) is 0 Å². The highest BCUT2D eigenvalue weighted by molar-refractivity contribution is 5.82. The van der Waals surface area contributed by atoms with E-state index in [1.165, 1.54) is 6.42 Å². The van der Waals surface area contributed by atoms with Gasteiger partial charge in [0.15, 0.2) is 0 Å². The fraction of sp³-hybridized carbons (Fsp3) is 0.917. The van der Waals surface area contributed by atoms with Crippen LogP contribution in [0.25, 0.3) is 0 Å². The van der Waals surface area contributed by atoms with Crippen molar-refractivity contribution < 1.29 is 9.53 Å². The van der Waals surface area contributed by atoms with Gasteiger partial charge in [-0.05, 0) is 39.5 Å². The largest absolute Gasteiger partial charge is 0.372 e. The number of ketones is 1. The first kappa shape index (κ1) is 10.2. The quantitative estimate of drug-likeness (QED) is 0.644. The van der Waals surface area contributed by atoms with Gasteiger partial charge in [0.25, 0.3) is 0 Å². The van der Waals surface area contributed by atoms with Crippen LogP contribution in [0.4, 0.5) is 0 Å². The second kappa shape index (κ2) is 3.65. The Morgan fingerprint density at radius 1 is 1.29 bits per heavy atom. The van der Waals surface area contributed by atoms with Crippen molar-refractivity contribution in [3.05, 3.63) is 0 Å². The normalized spacial score (nSPS) is 37.4. The van der Waals surface area contributed by atoms with Gasteiger partial charge in [-0.2, -0.15) is 0 Å². The van der Waals surface area contributed by atoms with Gasteiger partial charge >= 0.3 is 0 Å². The van der Waals surface area contributed by atoms with E-state index in [2.05, 4.69) is 13.8 Å². The van der Waals surface area contributed by atoms with E-state index in [-0.39, 0.29) is 17.6 Å². The molecule has 1 aliphatic heterocycles. The summed E-state index contributed by atoms with van der Waals surface area (Å²) in [6.45, 7) is 4.25. The van der Waals surface area contributed by atoms with Gasteiger partial charge in [-0.1, -0.05) is 6.42 Å². The Morgan fingerprint density at radius 3 is 2.64 bits per heavy atom. The summed E-state index contributed by atoms with van der Waals surface area (Å²) in [6, 6.07) is 0. The predicted molar refractivity (Wildman–Crippen MR) is 55.2 cm³/mol. The molecule has 0 spiro atoms. The second-order valence-electron chi connectivity index (χ2n) is 5.27. The summed E-state index contributed by atoms with van der Waals surface area (Å²) in [7, 11) is 0.